The van der Waals surface area contributed by atoms with E-state index in [1.54, 1.807) is 0 Å². The fraction of sp³-hybridized carbons (Fsp3) is 0.250. The molecule has 0 aliphatic carbocycles. The SMILES string of the molecule is CCc1ccc(-c2nnc(SCC(=O)Nc3ccc(C)c(C(F)(F)F)c3)[nH]2)cc1. The third-order valence-corrected chi connectivity index (χ3v) is 5.13. The Hall–Kier alpha value is -2.81. The molecule has 0 aliphatic heterocycles. The Morgan fingerprint density at radius 3 is 2.52 bits per heavy atom. The smallest absolute Gasteiger partial charge is 0.325 e. The van der Waals surface area contributed by atoms with Crippen LogP contribution < -0.4 is 5.32 Å². The number of aryl methyl sites for hydroxylation is 2. The molecule has 29 heavy (non-hydrogen) atoms. The minimum atomic E-state index is -4.47. The number of rotatable bonds is 6. The molecular weight excluding hydrogens is 401 g/mol. The first-order valence-corrected chi connectivity index (χ1v) is 9.87. The predicted molar refractivity (Wildman–Crippen MR) is 107 cm³/mol. The first kappa shape index (κ1) is 20.9. The molecule has 0 atom stereocenters. The van der Waals surface area contributed by atoms with Crippen LogP contribution in [0.1, 0.15) is 23.6 Å². The first-order valence-electron chi connectivity index (χ1n) is 8.88. The number of hydrogen-bond acceptors (Lipinski definition) is 4. The lowest BCUT2D eigenvalue weighted by Crippen LogP contribution is -2.15. The average molecular weight is 420 g/mol. The Morgan fingerprint density at radius 2 is 1.86 bits per heavy atom. The number of anilines is 1. The second-order valence-corrected chi connectivity index (χ2v) is 7.36. The number of aromatic amines is 1. The van der Waals surface area contributed by atoms with E-state index >= 15 is 0 Å². The normalized spacial score (nSPS) is 11.5. The highest BCUT2D eigenvalue weighted by Gasteiger charge is 2.32. The number of aromatic nitrogens is 3. The minimum absolute atomic E-state index is 0.0152. The quantitative estimate of drug-likeness (QED) is 0.545. The van der Waals surface area contributed by atoms with Crippen molar-refractivity contribution in [2.75, 3.05) is 11.1 Å². The molecule has 1 amide bonds. The number of nitrogens with one attached hydrogen (secondary N) is 2. The largest absolute Gasteiger partial charge is 0.416 e. The van der Waals surface area contributed by atoms with Crippen molar-refractivity contribution < 1.29 is 18.0 Å². The van der Waals surface area contributed by atoms with Crippen LogP contribution in [0.25, 0.3) is 11.4 Å². The number of benzene rings is 2. The summed E-state index contributed by atoms with van der Waals surface area (Å²) in [6.07, 6.45) is -3.52. The summed E-state index contributed by atoms with van der Waals surface area (Å²) in [5.74, 6) is 0.139. The third-order valence-electron chi connectivity index (χ3n) is 4.27. The van der Waals surface area contributed by atoms with Gasteiger partial charge in [-0.1, -0.05) is 49.0 Å². The lowest BCUT2D eigenvalue weighted by Gasteiger charge is -2.12. The van der Waals surface area contributed by atoms with Crippen molar-refractivity contribution in [3.63, 3.8) is 0 Å². The Kier molecular flexibility index (Phi) is 6.26. The van der Waals surface area contributed by atoms with Gasteiger partial charge in [0.05, 0.1) is 11.3 Å². The lowest BCUT2D eigenvalue weighted by molar-refractivity contribution is -0.138. The maximum absolute atomic E-state index is 13.0. The van der Waals surface area contributed by atoms with Gasteiger partial charge in [0.1, 0.15) is 0 Å². The van der Waals surface area contributed by atoms with E-state index in [1.165, 1.54) is 24.6 Å². The van der Waals surface area contributed by atoms with E-state index in [1.807, 2.05) is 24.3 Å². The standard InChI is InChI=1S/C20H19F3N4OS/c1-3-13-5-7-14(8-6-13)18-25-19(27-26-18)29-11-17(28)24-15-9-4-12(2)16(10-15)20(21,22)23/h4-10H,3,11H2,1-2H3,(H,24,28)(H,25,26,27). The number of hydrogen-bond donors (Lipinski definition) is 2. The molecule has 3 aromatic rings. The number of alkyl halides is 3. The molecular formula is C20H19F3N4OS. The lowest BCUT2D eigenvalue weighted by atomic mass is 10.1. The van der Waals surface area contributed by atoms with E-state index in [-0.39, 0.29) is 17.0 Å². The molecule has 0 saturated carbocycles. The number of carbonyl (C=O) groups is 1. The monoisotopic (exact) mass is 420 g/mol. The molecule has 0 bridgehead atoms. The molecule has 2 N–H and O–H groups in total. The zero-order valence-electron chi connectivity index (χ0n) is 15.8. The van der Waals surface area contributed by atoms with Gasteiger partial charge >= 0.3 is 6.18 Å². The molecule has 0 aliphatic rings. The summed E-state index contributed by atoms with van der Waals surface area (Å²) in [5, 5.41) is 11.0. The van der Waals surface area contributed by atoms with Crippen molar-refractivity contribution in [2.45, 2.75) is 31.6 Å². The van der Waals surface area contributed by atoms with Crippen molar-refractivity contribution >= 4 is 23.4 Å². The van der Waals surface area contributed by atoms with Crippen LogP contribution in [-0.4, -0.2) is 26.8 Å². The summed E-state index contributed by atoms with van der Waals surface area (Å²) in [6, 6.07) is 11.6. The molecule has 0 spiro atoms. The molecule has 1 aromatic heterocycles. The maximum atomic E-state index is 13.0. The molecule has 0 unspecified atom stereocenters. The summed E-state index contributed by atoms with van der Waals surface area (Å²) in [6.45, 7) is 3.45. The molecule has 0 saturated heterocycles. The zero-order chi connectivity index (χ0) is 21.0. The van der Waals surface area contributed by atoms with E-state index < -0.39 is 17.6 Å². The van der Waals surface area contributed by atoms with E-state index in [2.05, 4.69) is 27.4 Å². The van der Waals surface area contributed by atoms with Gasteiger partial charge in [-0.15, -0.1) is 10.2 Å². The second-order valence-electron chi connectivity index (χ2n) is 6.39. The van der Waals surface area contributed by atoms with Gasteiger partial charge in [-0.25, -0.2) is 0 Å². The molecule has 9 heteroatoms. The van der Waals surface area contributed by atoms with Crippen LogP contribution in [0.4, 0.5) is 18.9 Å². The van der Waals surface area contributed by atoms with Gasteiger partial charge in [-0.3, -0.25) is 4.79 Å². The van der Waals surface area contributed by atoms with Crippen molar-refractivity contribution in [3.8, 4) is 11.4 Å². The van der Waals surface area contributed by atoms with Crippen molar-refractivity contribution in [1.29, 1.82) is 0 Å². The number of amides is 1. The van der Waals surface area contributed by atoms with Crippen LogP contribution in [0.2, 0.25) is 0 Å². The zero-order valence-corrected chi connectivity index (χ0v) is 16.6. The Bertz CT molecular complexity index is 1000. The molecule has 5 nitrogen and oxygen atoms in total. The van der Waals surface area contributed by atoms with Crippen LogP contribution in [0, 0.1) is 6.92 Å². The highest BCUT2D eigenvalue weighted by atomic mass is 32.2. The Labute approximate surface area is 170 Å². The maximum Gasteiger partial charge on any atom is 0.416 e. The van der Waals surface area contributed by atoms with Crippen LogP contribution in [-0.2, 0) is 17.4 Å². The number of nitrogens with zero attached hydrogens (tertiary/aromatic N) is 2. The summed E-state index contributed by atoms with van der Waals surface area (Å²) in [7, 11) is 0. The van der Waals surface area contributed by atoms with E-state index in [4.69, 9.17) is 0 Å². The fourth-order valence-corrected chi connectivity index (χ4v) is 3.28. The summed E-state index contributed by atoms with van der Waals surface area (Å²) in [4.78, 5) is 15.1. The first-order chi connectivity index (χ1) is 13.8. The second kappa shape index (κ2) is 8.69. The van der Waals surface area contributed by atoms with E-state index in [9.17, 15) is 18.0 Å². The summed E-state index contributed by atoms with van der Waals surface area (Å²) in [5.41, 5.74) is 1.53. The van der Waals surface area contributed by atoms with Gasteiger partial charge in [0, 0.05) is 11.3 Å². The molecule has 152 valence electrons. The Morgan fingerprint density at radius 1 is 1.14 bits per heavy atom. The topological polar surface area (TPSA) is 70.7 Å². The number of halogens is 3. The highest BCUT2D eigenvalue weighted by molar-refractivity contribution is 7.99. The predicted octanol–water partition coefficient (Wildman–Crippen LogP) is 5.09. The molecule has 1 heterocycles. The van der Waals surface area contributed by atoms with Gasteiger partial charge in [0.2, 0.25) is 5.91 Å². The highest BCUT2D eigenvalue weighted by Crippen LogP contribution is 2.33. The fourth-order valence-electron chi connectivity index (χ4n) is 2.68. The molecule has 0 radical (unpaired) electrons. The molecule has 2 aromatic carbocycles. The van der Waals surface area contributed by atoms with Gasteiger partial charge in [0.15, 0.2) is 11.0 Å². The molecule has 0 fully saturated rings. The number of thioether (sulfide) groups is 1. The van der Waals surface area contributed by atoms with Crippen molar-refractivity contribution in [2.24, 2.45) is 0 Å². The van der Waals surface area contributed by atoms with Crippen molar-refractivity contribution in [3.05, 3.63) is 59.2 Å². The van der Waals surface area contributed by atoms with E-state index in [0.29, 0.717) is 11.0 Å². The van der Waals surface area contributed by atoms with Gasteiger partial charge in [-0.2, -0.15) is 13.2 Å². The summed E-state index contributed by atoms with van der Waals surface area (Å²) >= 11 is 1.12. The van der Waals surface area contributed by atoms with Gasteiger partial charge in [0.25, 0.3) is 0 Å². The Balaban J connectivity index is 1.59. The average Bonchev–Trinajstić information content (AvgIpc) is 3.16. The van der Waals surface area contributed by atoms with E-state index in [0.717, 1.165) is 29.8 Å². The number of carbonyl (C=O) groups excluding carboxylic acids is 1. The van der Waals surface area contributed by atoms with Crippen LogP contribution >= 0.6 is 11.8 Å². The third kappa shape index (κ3) is 5.38. The van der Waals surface area contributed by atoms with Gasteiger partial charge in [-0.05, 0) is 36.6 Å². The van der Waals surface area contributed by atoms with Crippen molar-refractivity contribution in [1.82, 2.24) is 15.2 Å². The van der Waals surface area contributed by atoms with Gasteiger partial charge < -0.3 is 10.3 Å². The number of H-pyrrole nitrogens is 1. The minimum Gasteiger partial charge on any atom is -0.325 e. The van der Waals surface area contributed by atoms with Crippen LogP contribution in [0.5, 0.6) is 0 Å². The summed E-state index contributed by atoms with van der Waals surface area (Å²) < 4.78 is 39.0. The van der Waals surface area contributed by atoms with Crippen LogP contribution in [0.3, 0.4) is 0 Å². The molecule has 3 rings (SSSR count). The van der Waals surface area contributed by atoms with Crippen LogP contribution in [0.15, 0.2) is 47.6 Å².